The van der Waals surface area contributed by atoms with Crippen molar-refractivity contribution < 1.29 is 19.1 Å². The average Bonchev–Trinajstić information content (AvgIpc) is 3.14. The molecule has 0 spiro atoms. The molecule has 5 heteroatoms. The molecule has 0 saturated heterocycles. The summed E-state index contributed by atoms with van der Waals surface area (Å²) < 4.78 is 11.4. The maximum atomic E-state index is 12.8. The zero-order valence-electron chi connectivity index (χ0n) is 17.8. The number of rotatable bonds is 4. The number of ether oxygens (including phenoxy) is 1. The van der Waals surface area contributed by atoms with Crippen LogP contribution in [0.25, 0.3) is 21.7 Å². The van der Waals surface area contributed by atoms with Gasteiger partial charge in [0, 0.05) is 41.4 Å². The first-order valence-corrected chi connectivity index (χ1v) is 10.7. The molecule has 1 aliphatic rings. The summed E-state index contributed by atoms with van der Waals surface area (Å²) in [7, 11) is 0. The first-order chi connectivity index (χ1) is 15.1. The van der Waals surface area contributed by atoms with Gasteiger partial charge in [0.1, 0.15) is 22.7 Å². The van der Waals surface area contributed by atoms with Crippen molar-refractivity contribution in [3.05, 3.63) is 76.5 Å². The Bertz CT molecular complexity index is 1300. The van der Waals surface area contributed by atoms with Gasteiger partial charge in [0.25, 0.3) is 0 Å². The normalized spacial score (nSPS) is 14.1. The molecule has 0 fully saturated rings. The molecular weight excluding hydrogens is 390 g/mol. The quantitative estimate of drug-likeness (QED) is 0.456. The maximum absolute atomic E-state index is 12.8. The molecule has 0 radical (unpaired) electrons. The van der Waals surface area contributed by atoms with Gasteiger partial charge >= 0.3 is 5.97 Å². The summed E-state index contributed by atoms with van der Waals surface area (Å²) in [6, 6.07) is 16.1. The Labute approximate surface area is 180 Å². The summed E-state index contributed by atoms with van der Waals surface area (Å²) in [5.41, 5.74) is 4.43. The van der Waals surface area contributed by atoms with E-state index in [0.29, 0.717) is 34.4 Å². The van der Waals surface area contributed by atoms with Crippen molar-refractivity contribution in [2.45, 2.75) is 33.4 Å². The van der Waals surface area contributed by atoms with Crippen LogP contribution in [0, 0.1) is 6.92 Å². The second-order valence-electron chi connectivity index (χ2n) is 8.06. The molecule has 158 valence electrons. The van der Waals surface area contributed by atoms with E-state index in [9.17, 15) is 9.90 Å². The number of carbonyl (C=O) groups excluding carboxylic acids is 1. The van der Waals surface area contributed by atoms with E-state index in [-0.39, 0.29) is 12.4 Å². The van der Waals surface area contributed by atoms with Gasteiger partial charge in [-0.05, 0) is 31.4 Å². The van der Waals surface area contributed by atoms with Gasteiger partial charge in [0.05, 0.1) is 6.61 Å². The third-order valence-corrected chi connectivity index (χ3v) is 6.17. The van der Waals surface area contributed by atoms with Gasteiger partial charge in [0.2, 0.25) is 0 Å². The molecule has 5 rings (SSSR count). The third kappa shape index (κ3) is 3.26. The van der Waals surface area contributed by atoms with Crippen LogP contribution in [-0.2, 0) is 24.2 Å². The zero-order valence-corrected chi connectivity index (χ0v) is 17.8. The van der Waals surface area contributed by atoms with E-state index in [1.54, 1.807) is 13.8 Å². The Morgan fingerprint density at radius 1 is 1.10 bits per heavy atom. The fraction of sp³-hybridized carbons (Fsp3) is 0.269. The first kappa shape index (κ1) is 19.6. The number of fused-ring (bicyclic) bond motifs is 4. The largest absolute Gasteiger partial charge is 0.507 e. The molecule has 0 amide bonds. The zero-order chi connectivity index (χ0) is 21.5. The van der Waals surface area contributed by atoms with Crippen LogP contribution < -0.4 is 0 Å². The second kappa shape index (κ2) is 7.75. The van der Waals surface area contributed by atoms with Crippen LogP contribution >= 0.6 is 0 Å². The maximum Gasteiger partial charge on any atom is 0.342 e. The van der Waals surface area contributed by atoms with Crippen molar-refractivity contribution in [1.82, 2.24) is 4.90 Å². The van der Waals surface area contributed by atoms with E-state index >= 15 is 0 Å². The fourth-order valence-electron chi connectivity index (χ4n) is 4.71. The Balaban J connectivity index is 1.69. The van der Waals surface area contributed by atoms with Crippen molar-refractivity contribution in [2.75, 3.05) is 13.2 Å². The Morgan fingerprint density at radius 2 is 1.81 bits per heavy atom. The van der Waals surface area contributed by atoms with Gasteiger partial charge in [-0.15, -0.1) is 0 Å². The number of aromatic hydroxyl groups is 1. The number of furan rings is 1. The number of carbonyl (C=O) groups is 1. The van der Waals surface area contributed by atoms with Crippen LogP contribution in [0.4, 0.5) is 0 Å². The van der Waals surface area contributed by atoms with Gasteiger partial charge < -0.3 is 14.3 Å². The van der Waals surface area contributed by atoms with Gasteiger partial charge in [-0.3, -0.25) is 4.90 Å². The molecule has 0 bridgehead atoms. The minimum Gasteiger partial charge on any atom is -0.507 e. The summed E-state index contributed by atoms with van der Waals surface area (Å²) in [4.78, 5) is 15.1. The average molecular weight is 415 g/mol. The number of nitrogens with zero attached hydrogens (tertiary/aromatic N) is 1. The molecular formula is C26H25NO4. The lowest BCUT2D eigenvalue weighted by Gasteiger charge is -2.29. The number of esters is 1. The molecule has 0 aliphatic carbocycles. The highest BCUT2D eigenvalue weighted by Gasteiger charge is 2.28. The lowest BCUT2D eigenvalue weighted by Crippen LogP contribution is -2.30. The number of benzene rings is 3. The van der Waals surface area contributed by atoms with Crippen LogP contribution in [0.2, 0.25) is 0 Å². The second-order valence-corrected chi connectivity index (χ2v) is 8.06. The topological polar surface area (TPSA) is 62.9 Å². The third-order valence-electron chi connectivity index (χ3n) is 6.17. The molecule has 1 aliphatic heterocycles. The summed E-state index contributed by atoms with van der Waals surface area (Å²) in [5, 5.41) is 13.5. The lowest BCUT2D eigenvalue weighted by molar-refractivity contribution is 0.0526. The van der Waals surface area contributed by atoms with Crippen molar-refractivity contribution in [3.8, 4) is 5.75 Å². The SMILES string of the molecule is CCOC(=O)c1c(C)oc2c1c(CN1CCc3ccccc3C1)c(O)c1ccccc12. The number of phenolic OH excluding ortho intramolecular Hbond substituents is 1. The van der Waals surface area contributed by atoms with Crippen LogP contribution in [-0.4, -0.2) is 29.1 Å². The van der Waals surface area contributed by atoms with Crippen LogP contribution in [0.3, 0.4) is 0 Å². The molecule has 4 aromatic rings. The Morgan fingerprint density at radius 3 is 2.58 bits per heavy atom. The molecule has 0 saturated carbocycles. The van der Waals surface area contributed by atoms with E-state index in [4.69, 9.17) is 9.15 Å². The summed E-state index contributed by atoms with van der Waals surface area (Å²) in [6.45, 7) is 6.05. The fourth-order valence-corrected chi connectivity index (χ4v) is 4.71. The smallest absolute Gasteiger partial charge is 0.342 e. The summed E-state index contributed by atoms with van der Waals surface area (Å²) in [6.07, 6.45) is 0.961. The number of aryl methyl sites for hydroxylation is 1. The van der Waals surface area contributed by atoms with Crippen molar-refractivity contribution in [1.29, 1.82) is 0 Å². The minimum atomic E-state index is -0.418. The molecule has 1 aromatic heterocycles. The van der Waals surface area contributed by atoms with Crippen molar-refractivity contribution >= 4 is 27.7 Å². The monoisotopic (exact) mass is 415 g/mol. The number of hydrogen-bond acceptors (Lipinski definition) is 5. The van der Waals surface area contributed by atoms with Gasteiger partial charge in [-0.2, -0.15) is 0 Å². The molecule has 5 nitrogen and oxygen atoms in total. The predicted octanol–water partition coefficient (Wildman–Crippen LogP) is 5.34. The molecule has 1 N–H and O–H groups in total. The summed E-state index contributed by atoms with van der Waals surface area (Å²) in [5.74, 6) is 0.293. The molecule has 2 heterocycles. The molecule has 31 heavy (non-hydrogen) atoms. The highest BCUT2D eigenvalue weighted by molar-refractivity contribution is 6.16. The van der Waals surface area contributed by atoms with E-state index in [1.807, 2.05) is 24.3 Å². The van der Waals surface area contributed by atoms with Gasteiger partial charge in [-0.1, -0.05) is 48.5 Å². The van der Waals surface area contributed by atoms with E-state index in [0.717, 1.165) is 30.3 Å². The highest BCUT2D eigenvalue weighted by atomic mass is 16.5. The van der Waals surface area contributed by atoms with Crippen LogP contribution in [0.15, 0.2) is 52.9 Å². The van der Waals surface area contributed by atoms with Crippen LogP contribution in [0.5, 0.6) is 5.75 Å². The number of phenols is 1. The molecule has 0 atom stereocenters. The standard InChI is InChI=1S/C26H25NO4/c1-3-30-26(29)22-16(2)31-25-20-11-7-6-10-19(20)24(28)21(23(22)25)15-27-13-12-17-8-4-5-9-18(17)14-27/h4-11,28H,3,12-15H2,1-2H3. The predicted molar refractivity (Wildman–Crippen MR) is 120 cm³/mol. The molecule has 0 unspecified atom stereocenters. The Hall–Kier alpha value is -3.31. The lowest BCUT2D eigenvalue weighted by atomic mass is 9.95. The first-order valence-electron chi connectivity index (χ1n) is 10.7. The van der Waals surface area contributed by atoms with Gasteiger partial charge in [-0.25, -0.2) is 4.79 Å². The van der Waals surface area contributed by atoms with Crippen LogP contribution in [0.1, 0.15) is 39.7 Å². The minimum absolute atomic E-state index is 0.202. The summed E-state index contributed by atoms with van der Waals surface area (Å²) >= 11 is 0. The van der Waals surface area contributed by atoms with Gasteiger partial charge in [0.15, 0.2) is 0 Å². The van der Waals surface area contributed by atoms with E-state index in [1.165, 1.54) is 11.1 Å². The van der Waals surface area contributed by atoms with E-state index in [2.05, 4.69) is 29.2 Å². The Kier molecular flexibility index (Phi) is 4.91. The number of hydrogen-bond donors (Lipinski definition) is 1. The van der Waals surface area contributed by atoms with E-state index < -0.39 is 5.97 Å². The van der Waals surface area contributed by atoms with Crippen molar-refractivity contribution in [3.63, 3.8) is 0 Å². The molecule has 3 aromatic carbocycles. The highest BCUT2D eigenvalue weighted by Crippen LogP contribution is 2.42. The van der Waals surface area contributed by atoms with Crippen molar-refractivity contribution in [2.24, 2.45) is 0 Å².